The second kappa shape index (κ2) is 8.26. The van der Waals surface area contributed by atoms with E-state index in [1.54, 1.807) is 25.7 Å². The molecule has 0 aliphatic rings. The predicted octanol–water partition coefficient (Wildman–Crippen LogP) is 5.21. The fraction of sp³-hybridized carbons (Fsp3) is 0.160. The maximum atomic E-state index is 14.0. The maximum absolute atomic E-state index is 14.0. The van der Waals surface area contributed by atoms with Crippen molar-refractivity contribution in [1.29, 1.82) is 0 Å². The lowest BCUT2D eigenvalue weighted by Crippen LogP contribution is -2.12. The topological polar surface area (TPSA) is 64.9 Å². The molecule has 32 heavy (non-hydrogen) atoms. The Morgan fingerprint density at radius 1 is 1.03 bits per heavy atom. The summed E-state index contributed by atoms with van der Waals surface area (Å²) < 4.78 is 21.5. The van der Waals surface area contributed by atoms with E-state index in [-0.39, 0.29) is 5.82 Å². The van der Waals surface area contributed by atoms with E-state index in [2.05, 4.69) is 37.0 Å². The van der Waals surface area contributed by atoms with Gasteiger partial charge in [-0.25, -0.2) is 14.4 Å². The van der Waals surface area contributed by atoms with Crippen LogP contribution < -0.4 is 10.1 Å². The Hall–Kier alpha value is -4.00. The van der Waals surface area contributed by atoms with E-state index in [1.165, 1.54) is 6.07 Å². The molecule has 3 heterocycles. The third kappa shape index (κ3) is 3.73. The normalized spacial score (nSPS) is 11.2. The van der Waals surface area contributed by atoms with Crippen molar-refractivity contribution in [2.24, 2.45) is 0 Å². The molecule has 0 aliphatic heterocycles. The number of anilines is 1. The Morgan fingerprint density at radius 2 is 1.94 bits per heavy atom. The number of fused-ring (bicyclic) bond motifs is 2. The highest BCUT2D eigenvalue weighted by atomic mass is 19.1. The van der Waals surface area contributed by atoms with E-state index in [9.17, 15) is 4.39 Å². The Morgan fingerprint density at radius 3 is 2.81 bits per heavy atom. The Kier molecular flexibility index (Phi) is 5.15. The fourth-order valence-corrected chi connectivity index (χ4v) is 4.04. The van der Waals surface area contributed by atoms with Gasteiger partial charge in [-0.3, -0.25) is 4.98 Å². The second-order valence-electron chi connectivity index (χ2n) is 7.63. The zero-order valence-electron chi connectivity index (χ0n) is 17.8. The quantitative estimate of drug-likeness (QED) is 0.403. The van der Waals surface area contributed by atoms with Crippen LogP contribution in [0.4, 0.5) is 10.2 Å². The van der Waals surface area contributed by atoms with Gasteiger partial charge >= 0.3 is 0 Å². The number of rotatable bonds is 6. The summed E-state index contributed by atoms with van der Waals surface area (Å²) in [6, 6.07) is 15.1. The van der Waals surface area contributed by atoms with Crippen molar-refractivity contribution in [2.45, 2.75) is 13.5 Å². The molecule has 5 rings (SSSR count). The molecule has 1 N–H and O–H groups in total. The second-order valence-corrected chi connectivity index (χ2v) is 7.63. The number of ether oxygens (including phenoxy) is 1. The number of aryl methyl sites for hydroxylation is 1. The van der Waals surface area contributed by atoms with Crippen LogP contribution in [0.15, 0.2) is 67.3 Å². The van der Waals surface area contributed by atoms with Gasteiger partial charge in [0.05, 0.1) is 18.3 Å². The van der Waals surface area contributed by atoms with Gasteiger partial charge in [0.1, 0.15) is 23.7 Å². The number of methoxy groups -OCH3 is 1. The molecule has 3 aromatic heterocycles. The summed E-state index contributed by atoms with van der Waals surface area (Å²) in [6.07, 6.45) is 5.19. The summed E-state index contributed by atoms with van der Waals surface area (Å²) in [4.78, 5) is 13.0. The van der Waals surface area contributed by atoms with Gasteiger partial charge in [-0.15, -0.1) is 0 Å². The third-order valence-corrected chi connectivity index (χ3v) is 5.62. The van der Waals surface area contributed by atoms with Crippen molar-refractivity contribution in [3.63, 3.8) is 0 Å². The van der Waals surface area contributed by atoms with Crippen molar-refractivity contribution in [3.8, 4) is 17.0 Å². The summed E-state index contributed by atoms with van der Waals surface area (Å²) in [5.74, 6) is 0.965. The molecule has 0 saturated heterocycles. The Bertz CT molecular complexity index is 1430. The van der Waals surface area contributed by atoms with E-state index in [0.29, 0.717) is 18.8 Å². The largest absolute Gasteiger partial charge is 0.496 e. The van der Waals surface area contributed by atoms with Gasteiger partial charge in [-0.05, 0) is 36.6 Å². The van der Waals surface area contributed by atoms with Gasteiger partial charge < -0.3 is 14.6 Å². The summed E-state index contributed by atoms with van der Waals surface area (Å²) >= 11 is 0. The highest BCUT2D eigenvalue weighted by Gasteiger charge is 2.12. The molecule has 0 atom stereocenters. The average molecular weight is 427 g/mol. The number of aromatic nitrogens is 4. The third-order valence-electron chi connectivity index (χ3n) is 5.62. The zero-order chi connectivity index (χ0) is 22.1. The average Bonchev–Trinajstić information content (AvgIpc) is 3.13. The van der Waals surface area contributed by atoms with Crippen LogP contribution in [-0.2, 0) is 6.54 Å². The molecule has 7 heteroatoms. The van der Waals surface area contributed by atoms with Crippen molar-refractivity contribution in [3.05, 3.63) is 78.8 Å². The predicted molar refractivity (Wildman–Crippen MR) is 124 cm³/mol. The molecule has 0 fully saturated rings. The molecule has 160 valence electrons. The number of benzene rings is 2. The number of hydrogen-bond acceptors (Lipinski definition) is 5. The number of halogens is 1. The minimum absolute atomic E-state index is 0.312. The summed E-state index contributed by atoms with van der Waals surface area (Å²) in [6.45, 7) is 3.29. The molecular weight excluding hydrogens is 405 g/mol. The molecule has 2 aromatic carbocycles. The lowest BCUT2D eigenvalue weighted by Gasteiger charge is -2.11. The number of nitrogens with one attached hydrogen (secondary N) is 1. The van der Waals surface area contributed by atoms with E-state index < -0.39 is 0 Å². The molecule has 0 amide bonds. The number of hydrogen-bond donors (Lipinski definition) is 1. The summed E-state index contributed by atoms with van der Waals surface area (Å²) in [5, 5.41) is 6.46. The molecule has 5 aromatic rings. The van der Waals surface area contributed by atoms with Gasteiger partial charge in [0, 0.05) is 59.6 Å². The van der Waals surface area contributed by atoms with Crippen LogP contribution >= 0.6 is 0 Å². The van der Waals surface area contributed by atoms with Gasteiger partial charge in [0.25, 0.3) is 0 Å². The van der Waals surface area contributed by atoms with E-state index in [4.69, 9.17) is 4.74 Å². The van der Waals surface area contributed by atoms with Crippen LogP contribution in [-0.4, -0.2) is 33.2 Å². The van der Waals surface area contributed by atoms with Crippen molar-refractivity contribution in [2.75, 3.05) is 19.0 Å². The first-order chi connectivity index (χ1) is 15.6. The van der Waals surface area contributed by atoms with Crippen molar-refractivity contribution >= 4 is 27.5 Å². The molecule has 0 saturated carbocycles. The molecule has 0 unspecified atom stereocenters. The highest BCUT2D eigenvalue weighted by Crippen LogP contribution is 2.30. The minimum atomic E-state index is -0.312. The monoisotopic (exact) mass is 427 g/mol. The zero-order valence-corrected chi connectivity index (χ0v) is 17.8. The maximum Gasteiger partial charge on any atom is 0.131 e. The minimum Gasteiger partial charge on any atom is -0.496 e. The van der Waals surface area contributed by atoms with Crippen molar-refractivity contribution < 1.29 is 9.13 Å². The number of nitrogens with zero attached hydrogens (tertiary/aromatic N) is 4. The van der Waals surface area contributed by atoms with Crippen LogP contribution in [0.5, 0.6) is 5.75 Å². The van der Waals surface area contributed by atoms with Crippen LogP contribution in [0.2, 0.25) is 0 Å². The molecule has 6 nitrogen and oxygen atoms in total. The SMILES string of the molecule is COc1cc(F)cc2c1cc(C)n2CCNc1cc(-c2ccc3ccncc3c2)ncn1. The van der Waals surface area contributed by atoms with Gasteiger partial charge in [-0.2, -0.15) is 0 Å². The number of pyridine rings is 1. The lowest BCUT2D eigenvalue weighted by molar-refractivity contribution is 0.416. The van der Waals surface area contributed by atoms with E-state index in [1.807, 2.05) is 37.4 Å². The Balaban J connectivity index is 1.35. The first-order valence-corrected chi connectivity index (χ1v) is 10.4. The van der Waals surface area contributed by atoms with Crippen LogP contribution in [0.3, 0.4) is 0 Å². The molecule has 0 aliphatic carbocycles. The first-order valence-electron chi connectivity index (χ1n) is 10.4. The molecular formula is C25H22FN5O. The van der Waals surface area contributed by atoms with Gasteiger partial charge in [0.15, 0.2) is 0 Å². The van der Waals surface area contributed by atoms with Crippen molar-refractivity contribution in [1.82, 2.24) is 19.5 Å². The first kappa shape index (κ1) is 19.9. The van der Waals surface area contributed by atoms with Gasteiger partial charge in [-0.1, -0.05) is 12.1 Å². The lowest BCUT2D eigenvalue weighted by atomic mass is 10.1. The molecule has 0 bridgehead atoms. The summed E-state index contributed by atoms with van der Waals surface area (Å²) in [7, 11) is 1.56. The standard InChI is InChI=1S/C25H22FN5O/c1-16-9-21-23(11-20(26)12-24(21)32-2)31(16)8-7-28-25-13-22(29-15-30-25)18-4-3-17-5-6-27-14-19(17)10-18/h3-6,9-15H,7-8H2,1-2H3,(H,28,29,30). The smallest absolute Gasteiger partial charge is 0.131 e. The van der Waals surface area contributed by atoms with E-state index >= 15 is 0 Å². The van der Waals surface area contributed by atoms with Crippen LogP contribution in [0, 0.1) is 12.7 Å². The summed E-state index contributed by atoms with van der Waals surface area (Å²) in [5.41, 5.74) is 3.70. The fourth-order valence-electron chi connectivity index (χ4n) is 4.04. The molecule has 0 spiro atoms. The van der Waals surface area contributed by atoms with E-state index in [0.717, 1.165) is 44.4 Å². The van der Waals surface area contributed by atoms with Crippen LogP contribution in [0.1, 0.15) is 5.69 Å². The van der Waals surface area contributed by atoms with Crippen LogP contribution in [0.25, 0.3) is 32.9 Å². The highest BCUT2D eigenvalue weighted by molar-refractivity contribution is 5.88. The Labute approximate surface area is 184 Å². The molecule has 0 radical (unpaired) electrons. The van der Waals surface area contributed by atoms with Gasteiger partial charge in [0.2, 0.25) is 0 Å².